The van der Waals surface area contributed by atoms with E-state index in [2.05, 4.69) is 20.7 Å². The number of methoxy groups -OCH3 is 1. The van der Waals surface area contributed by atoms with Crippen LogP contribution in [0.4, 0.5) is 0 Å². The Labute approximate surface area is 114 Å². The lowest BCUT2D eigenvalue weighted by molar-refractivity contribution is -0.140. The van der Waals surface area contributed by atoms with E-state index in [1.54, 1.807) is 6.07 Å². The van der Waals surface area contributed by atoms with E-state index in [1.807, 2.05) is 13.0 Å². The Morgan fingerprint density at radius 3 is 2.76 bits per heavy atom. The van der Waals surface area contributed by atoms with Gasteiger partial charge in [0.05, 0.1) is 18.7 Å². The molecule has 94 valence electrons. The molecule has 1 aromatic rings. The fourth-order valence-corrected chi connectivity index (χ4v) is 2.39. The molecule has 0 amide bonds. The number of aryl methyl sites for hydroxylation is 1. The van der Waals surface area contributed by atoms with Crippen LogP contribution in [0.25, 0.3) is 0 Å². The molecule has 0 heterocycles. The average Bonchev–Trinajstić information content (AvgIpc) is 2.26. The summed E-state index contributed by atoms with van der Waals surface area (Å²) in [6.45, 7) is 2.36. The summed E-state index contributed by atoms with van der Waals surface area (Å²) in [5, 5.41) is 0.565. The van der Waals surface area contributed by atoms with Gasteiger partial charge in [0.2, 0.25) is 0 Å². The van der Waals surface area contributed by atoms with Crippen molar-refractivity contribution in [2.24, 2.45) is 0 Å². The molecule has 0 fully saturated rings. The van der Waals surface area contributed by atoms with E-state index in [-0.39, 0.29) is 5.97 Å². The van der Waals surface area contributed by atoms with Crippen LogP contribution in [-0.4, -0.2) is 19.7 Å². The van der Waals surface area contributed by atoms with Gasteiger partial charge < -0.3 is 9.47 Å². The summed E-state index contributed by atoms with van der Waals surface area (Å²) in [4.78, 5) is 10.9. The average molecular weight is 322 g/mol. The first-order chi connectivity index (χ1) is 8.04. The lowest BCUT2D eigenvalue weighted by Crippen LogP contribution is -2.05. The van der Waals surface area contributed by atoms with Crippen LogP contribution in [0.3, 0.4) is 0 Å². The summed E-state index contributed by atoms with van der Waals surface area (Å²) < 4.78 is 11.0. The topological polar surface area (TPSA) is 35.5 Å². The molecule has 0 unspecified atom stereocenters. The molecule has 0 aliphatic heterocycles. The van der Waals surface area contributed by atoms with Crippen LogP contribution in [0.2, 0.25) is 5.02 Å². The van der Waals surface area contributed by atoms with Gasteiger partial charge >= 0.3 is 5.97 Å². The molecular weight excluding hydrogens is 307 g/mol. The van der Waals surface area contributed by atoms with Crippen LogP contribution in [0.1, 0.15) is 18.4 Å². The highest BCUT2D eigenvalue weighted by molar-refractivity contribution is 9.10. The van der Waals surface area contributed by atoms with Crippen molar-refractivity contribution in [1.29, 1.82) is 0 Å². The second-order valence-electron chi connectivity index (χ2n) is 3.56. The Morgan fingerprint density at radius 1 is 1.47 bits per heavy atom. The molecule has 0 bridgehead atoms. The highest BCUT2D eigenvalue weighted by Crippen LogP contribution is 2.32. The Balaban J connectivity index is 2.50. The summed E-state index contributed by atoms with van der Waals surface area (Å²) in [5.41, 5.74) is 0.961. The van der Waals surface area contributed by atoms with Gasteiger partial charge in [0.15, 0.2) is 0 Å². The number of ether oxygens (including phenoxy) is 2. The van der Waals surface area contributed by atoms with Crippen molar-refractivity contribution in [1.82, 2.24) is 0 Å². The third-order valence-corrected chi connectivity index (χ3v) is 2.93. The van der Waals surface area contributed by atoms with Crippen molar-refractivity contribution in [3.05, 3.63) is 27.2 Å². The van der Waals surface area contributed by atoms with Crippen molar-refractivity contribution in [3.63, 3.8) is 0 Å². The number of hydrogen-bond donors (Lipinski definition) is 0. The SMILES string of the molecule is COC(=O)CCCOc1c(C)cc(Br)cc1Cl. The number of halogens is 2. The quantitative estimate of drug-likeness (QED) is 0.612. The fourth-order valence-electron chi connectivity index (χ4n) is 1.36. The van der Waals surface area contributed by atoms with Crippen molar-refractivity contribution < 1.29 is 14.3 Å². The van der Waals surface area contributed by atoms with Gasteiger partial charge in [-0.25, -0.2) is 0 Å². The standard InChI is InChI=1S/C12H14BrClO3/c1-8-6-9(13)7-10(14)12(8)17-5-3-4-11(15)16-2/h6-7H,3-5H2,1-2H3. The van der Waals surface area contributed by atoms with E-state index in [9.17, 15) is 4.79 Å². The number of carbonyl (C=O) groups is 1. The number of benzene rings is 1. The highest BCUT2D eigenvalue weighted by atomic mass is 79.9. The van der Waals surface area contributed by atoms with Crippen molar-refractivity contribution in [2.75, 3.05) is 13.7 Å². The van der Waals surface area contributed by atoms with Crippen molar-refractivity contribution in [2.45, 2.75) is 19.8 Å². The van der Waals surface area contributed by atoms with E-state index < -0.39 is 0 Å². The number of carbonyl (C=O) groups excluding carboxylic acids is 1. The minimum Gasteiger partial charge on any atom is -0.492 e. The molecule has 0 aliphatic rings. The summed E-state index contributed by atoms with van der Waals surface area (Å²) in [6.07, 6.45) is 0.961. The van der Waals surface area contributed by atoms with E-state index in [4.69, 9.17) is 16.3 Å². The molecule has 5 heteroatoms. The largest absolute Gasteiger partial charge is 0.492 e. The minimum absolute atomic E-state index is 0.229. The third-order valence-electron chi connectivity index (χ3n) is 2.19. The predicted molar refractivity (Wildman–Crippen MR) is 70.6 cm³/mol. The van der Waals surface area contributed by atoms with Crippen LogP contribution < -0.4 is 4.74 Å². The van der Waals surface area contributed by atoms with Gasteiger partial charge in [-0.3, -0.25) is 4.79 Å². The molecule has 0 N–H and O–H groups in total. The maximum atomic E-state index is 10.9. The molecule has 0 aliphatic carbocycles. The Kier molecular flexibility index (Phi) is 5.78. The van der Waals surface area contributed by atoms with Gasteiger partial charge in [0.1, 0.15) is 5.75 Å². The number of hydrogen-bond acceptors (Lipinski definition) is 3. The Morgan fingerprint density at radius 2 is 2.18 bits per heavy atom. The zero-order valence-corrected chi connectivity index (χ0v) is 12.1. The van der Waals surface area contributed by atoms with E-state index >= 15 is 0 Å². The summed E-state index contributed by atoms with van der Waals surface area (Å²) in [6, 6.07) is 3.71. The van der Waals surface area contributed by atoms with Crippen molar-refractivity contribution in [3.8, 4) is 5.75 Å². The molecule has 0 aromatic heterocycles. The predicted octanol–water partition coefficient (Wildman–Crippen LogP) is 3.74. The fraction of sp³-hybridized carbons (Fsp3) is 0.417. The second-order valence-corrected chi connectivity index (χ2v) is 4.88. The second kappa shape index (κ2) is 6.87. The Hall–Kier alpha value is -0.740. The molecule has 1 aromatic carbocycles. The first kappa shape index (κ1) is 14.3. The first-order valence-electron chi connectivity index (χ1n) is 5.20. The summed E-state index contributed by atoms with van der Waals surface area (Å²) >= 11 is 9.41. The molecule has 0 saturated carbocycles. The van der Waals surface area contributed by atoms with Gasteiger partial charge in [-0.1, -0.05) is 27.5 Å². The first-order valence-corrected chi connectivity index (χ1v) is 6.37. The van der Waals surface area contributed by atoms with Gasteiger partial charge in [0.25, 0.3) is 0 Å². The lowest BCUT2D eigenvalue weighted by Gasteiger charge is -2.11. The molecule has 17 heavy (non-hydrogen) atoms. The van der Waals surface area contributed by atoms with Crippen LogP contribution >= 0.6 is 27.5 Å². The Bertz CT molecular complexity index is 384. The van der Waals surface area contributed by atoms with Crippen LogP contribution in [0.15, 0.2) is 16.6 Å². The molecule has 0 saturated heterocycles. The highest BCUT2D eigenvalue weighted by Gasteiger charge is 2.07. The molecule has 0 spiro atoms. The van der Waals surface area contributed by atoms with E-state index in [0.717, 1.165) is 10.0 Å². The number of rotatable bonds is 5. The van der Waals surface area contributed by atoms with E-state index in [0.29, 0.717) is 30.2 Å². The van der Waals surface area contributed by atoms with Crippen LogP contribution in [-0.2, 0) is 9.53 Å². The molecule has 1 rings (SSSR count). The van der Waals surface area contributed by atoms with Crippen molar-refractivity contribution >= 4 is 33.5 Å². The molecule has 0 radical (unpaired) electrons. The zero-order valence-electron chi connectivity index (χ0n) is 9.76. The third kappa shape index (κ3) is 4.56. The smallest absolute Gasteiger partial charge is 0.305 e. The van der Waals surface area contributed by atoms with E-state index in [1.165, 1.54) is 7.11 Å². The van der Waals surface area contributed by atoms with Gasteiger partial charge in [0, 0.05) is 10.9 Å². The molecule has 3 nitrogen and oxygen atoms in total. The molecule has 0 atom stereocenters. The zero-order chi connectivity index (χ0) is 12.8. The minimum atomic E-state index is -0.229. The van der Waals surface area contributed by atoms with Crippen LogP contribution in [0.5, 0.6) is 5.75 Å². The monoisotopic (exact) mass is 320 g/mol. The van der Waals surface area contributed by atoms with Gasteiger partial charge in [-0.05, 0) is 31.0 Å². The maximum absolute atomic E-state index is 10.9. The van der Waals surface area contributed by atoms with Crippen LogP contribution in [0, 0.1) is 6.92 Å². The van der Waals surface area contributed by atoms with Gasteiger partial charge in [-0.15, -0.1) is 0 Å². The molecular formula is C12H14BrClO3. The maximum Gasteiger partial charge on any atom is 0.305 e. The lowest BCUT2D eigenvalue weighted by atomic mass is 10.2. The number of esters is 1. The normalized spacial score (nSPS) is 10.1. The van der Waals surface area contributed by atoms with Gasteiger partial charge in [-0.2, -0.15) is 0 Å². The summed E-state index contributed by atoms with van der Waals surface area (Å²) in [5.74, 6) is 0.437. The summed E-state index contributed by atoms with van der Waals surface area (Å²) in [7, 11) is 1.37.